The van der Waals surface area contributed by atoms with Crippen LogP contribution in [0.4, 0.5) is 37.7 Å². The van der Waals surface area contributed by atoms with E-state index in [1.165, 1.54) is 87.0 Å². The molecule has 0 aliphatic rings. The molecule has 0 aromatic heterocycles. The van der Waals surface area contributed by atoms with Gasteiger partial charge in [-0.1, -0.05) is 48.6 Å². The zero-order chi connectivity index (χ0) is 50.6. The maximum Gasteiger partial charge on any atom is 0.422 e. The van der Waals surface area contributed by atoms with Gasteiger partial charge >= 0.3 is 24.3 Å². The zero-order valence-corrected chi connectivity index (χ0v) is 37.2. The van der Waals surface area contributed by atoms with Gasteiger partial charge in [0.1, 0.15) is 11.5 Å². The molecule has 70 heavy (non-hydrogen) atoms. The Balaban J connectivity index is 1.06. The van der Waals surface area contributed by atoms with Crippen molar-refractivity contribution >= 4 is 47.0 Å². The molecule has 0 unspecified atom stereocenters. The minimum atomic E-state index is -4.57. The second-order valence-electron chi connectivity index (χ2n) is 15.2. The predicted octanol–water partition coefficient (Wildman–Crippen LogP) is 10.5. The molecular weight excluding hydrogens is 927 g/mol. The molecule has 0 spiro atoms. The lowest BCUT2D eigenvalue weighted by Gasteiger charge is -2.14. The Morgan fingerprint density at radius 1 is 0.486 bits per heavy atom. The van der Waals surface area contributed by atoms with Crippen LogP contribution in [0.5, 0.6) is 34.5 Å². The van der Waals surface area contributed by atoms with Gasteiger partial charge in [-0.3, -0.25) is 9.59 Å². The summed E-state index contributed by atoms with van der Waals surface area (Å²) in [6.07, 6.45) is -3.32. The van der Waals surface area contributed by atoms with Crippen LogP contribution in [0.2, 0.25) is 0 Å². The normalized spacial score (nSPS) is 11.6. The molecule has 0 atom stereocenters. The van der Waals surface area contributed by atoms with Crippen LogP contribution in [0, 0.1) is 0 Å². The Bertz CT molecular complexity index is 2730. The molecule has 12 nitrogen and oxygen atoms in total. The number of anilines is 2. The van der Waals surface area contributed by atoms with Crippen LogP contribution in [-0.2, 0) is 22.4 Å². The largest absolute Gasteiger partial charge is 0.493 e. The van der Waals surface area contributed by atoms with Crippen molar-refractivity contribution in [2.24, 2.45) is 0 Å². The van der Waals surface area contributed by atoms with Crippen molar-refractivity contribution in [1.82, 2.24) is 0 Å². The summed E-state index contributed by atoms with van der Waals surface area (Å²) in [6.45, 7) is -3.07. The van der Waals surface area contributed by atoms with Gasteiger partial charge in [-0.25, -0.2) is 9.59 Å². The van der Waals surface area contributed by atoms with Crippen molar-refractivity contribution < 1.29 is 73.9 Å². The van der Waals surface area contributed by atoms with E-state index in [-0.39, 0.29) is 70.0 Å². The van der Waals surface area contributed by atoms with E-state index in [0.29, 0.717) is 44.8 Å². The van der Waals surface area contributed by atoms with Crippen LogP contribution >= 0.6 is 0 Å². The molecule has 0 saturated heterocycles. The Hall–Kier alpha value is -8.54. The van der Waals surface area contributed by atoms with Crippen LogP contribution in [0.15, 0.2) is 133 Å². The van der Waals surface area contributed by atoms with Crippen molar-refractivity contribution in [3.8, 4) is 45.6 Å². The quantitative estimate of drug-likeness (QED) is 0.0259. The van der Waals surface area contributed by atoms with E-state index in [1.54, 1.807) is 72.8 Å². The van der Waals surface area contributed by atoms with Gasteiger partial charge in [0.2, 0.25) is 0 Å². The van der Waals surface area contributed by atoms with Gasteiger partial charge in [-0.15, -0.1) is 0 Å². The molecule has 6 aromatic carbocycles. The third-order valence-corrected chi connectivity index (χ3v) is 9.96. The number of alkyl halides is 6. The summed E-state index contributed by atoms with van der Waals surface area (Å²) < 4.78 is 106. The van der Waals surface area contributed by atoms with Gasteiger partial charge in [-0.05, 0) is 130 Å². The monoisotopic (exact) mass is 968 g/mol. The molecule has 4 N–H and O–H groups in total. The number of ether oxygens (including phenoxy) is 6. The number of hydrogen-bond acceptors (Lipinski definition) is 12. The van der Waals surface area contributed by atoms with E-state index >= 15 is 0 Å². The first kappa shape index (κ1) is 50.9. The summed E-state index contributed by atoms with van der Waals surface area (Å²) in [5.74, 6) is -2.41. The number of methoxy groups -OCH3 is 2. The fourth-order valence-electron chi connectivity index (χ4n) is 6.69. The van der Waals surface area contributed by atoms with Crippen molar-refractivity contribution in [3.63, 3.8) is 0 Å². The first-order chi connectivity index (χ1) is 33.2. The molecule has 0 radical (unpaired) electrons. The molecule has 0 saturated carbocycles. The Labute approximate surface area is 396 Å². The molecular formula is C52H42F6N2O10. The summed E-state index contributed by atoms with van der Waals surface area (Å²) >= 11 is 0. The highest BCUT2D eigenvalue weighted by Gasteiger charge is 2.30. The van der Waals surface area contributed by atoms with Crippen molar-refractivity contribution in [2.75, 3.05) is 38.9 Å². The van der Waals surface area contributed by atoms with E-state index in [1.807, 2.05) is 0 Å². The molecule has 362 valence electrons. The van der Waals surface area contributed by atoms with E-state index in [4.69, 9.17) is 39.9 Å². The zero-order valence-electron chi connectivity index (χ0n) is 37.2. The van der Waals surface area contributed by atoms with Gasteiger partial charge in [0.05, 0.1) is 25.3 Å². The molecule has 6 aromatic rings. The number of carbonyl (C=O) groups excluding carboxylic acids is 4. The summed E-state index contributed by atoms with van der Waals surface area (Å²) in [6, 6.07) is 29.9. The van der Waals surface area contributed by atoms with Crippen molar-refractivity contribution in [1.29, 1.82) is 0 Å². The number of hydrogen-bond donors (Lipinski definition) is 2. The van der Waals surface area contributed by atoms with Gasteiger partial charge in [0.15, 0.2) is 47.8 Å². The summed E-state index contributed by atoms with van der Waals surface area (Å²) in [5.41, 5.74) is 16.8. The Morgan fingerprint density at radius 2 is 0.857 bits per heavy atom. The number of nitrogen functional groups attached to an aromatic ring is 2. The molecule has 0 aliphatic heterocycles. The van der Waals surface area contributed by atoms with Gasteiger partial charge in [0, 0.05) is 24.2 Å². The Kier molecular flexibility index (Phi) is 16.4. The van der Waals surface area contributed by atoms with Crippen molar-refractivity contribution in [3.05, 3.63) is 167 Å². The number of esters is 2. The number of halogens is 6. The minimum absolute atomic E-state index is 0.00314. The third-order valence-electron chi connectivity index (χ3n) is 9.96. The average molecular weight is 969 g/mol. The summed E-state index contributed by atoms with van der Waals surface area (Å²) in [7, 11) is 2.44. The number of allylic oxidation sites excluding steroid dienone is 2. The molecule has 0 fully saturated rings. The van der Waals surface area contributed by atoms with Crippen LogP contribution in [0.1, 0.15) is 43.0 Å². The van der Waals surface area contributed by atoms with Crippen LogP contribution in [0.25, 0.3) is 23.3 Å². The number of ketones is 2. The number of carbonyl (C=O) groups is 4. The number of rotatable bonds is 19. The maximum absolute atomic E-state index is 13.4. The first-order valence-electron chi connectivity index (χ1n) is 20.8. The molecule has 0 heterocycles. The van der Waals surface area contributed by atoms with E-state index in [0.717, 1.165) is 0 Å². The molecule has 18 heteroatoms. The molecule has 0 bridgehead atoms. The lowest BCUT2D eigenvalue weighted by atomic mass is 9.90. The fraction of sp³-hybridized carbons (Fsp3) is 0.154. The highest BCUT2D eigenvalue weighted by molar-refractivity contribution is 5.98. The van der Waals surface area contributed by atoms with Crippen LogP contribution in [0.3, 0.4) is 0 Å². The summed E-state index contributed by atoms with van der Waals surface area (Å²) in [5, 5.41) is 0. The second kappa shape index (κ2) is 22.5. The SMILES string of the molecule is COc1cc(C(=O)Oc2ccc(/C=C/C(=O)Cc3cc(N)ccc3-c3ccc(N)cc3CC(=O)/C=C/c3ccc(OC(=O)c4ccc(OCC(F)(F)F)c(OC)c4)cc3)cc2)ccc1OCC(F)(F)F. The number of benzene rings is 6. The lowest BCUT2D eigenvalue weighted by Crippen LogP contribution is -2.19. The molecule has 0 amide bonds. The topological polar surface area (TPSA) is 176 Å². The van der Waals surface area contributed by atoms with Gasteiger partial charge in [0.25, 0.3) is 0 Å². The number of nitrogens with two attached hydrogens (primary N) is 2. The van der Waals surface area contributed by atoms with Crippen LogP contribution in [-0.4, -0.2) is 63.3 Å². The van der Waals surface area contributed by atoms with Crippen molar-refractivity contribution in [2.45, 2.75) is 25.2 Å². The summed E-state index contributed by atoms with van der Waals surface area (Å²) in [4.78, 5) is 52.3. The van der Waals surface area contributed by atoms with Gasteiger partial charge in [-0.2, -0.15) is 26.3 Å². The van der Waals surface area contributed by atoms with Crippen LogP contribution < -0.4 is 39.9 Å². The Morgan fingerprint density at radius 3 is 1.20 bits per heavy atom. The average Bonchev–Trinajstić information content (AvgIpc) is 3.32. The first-order valence-corrected chi connectivity index (χ1v) is 20.8. The van der Waals surface area contributed by atoms with E-state index in [9.17, 15) is 45.5 Å². The molecule has 6 rings (SSSR count). The predicted molar refractivity (Wildman–Crippen MR) is 248 cm³/mol. The maximum atomic E-state index is 13.4. The standard InChI is InChI=1S/C52H42F6N2O10/c1-65-47-27-33(9-21-45(47)67-29-51(53,54)55)49(63)69-41-15-5-31(6-16-41)3-13-39(61)25-35-23-37(59)11-19-43(35)44-20-12-38(60)24-36(44)26-40(62)14-4-32-7-17-42(18-8-32)70-50(64)34-10-22-46(48(28-34)66-2)68-30-52(56,57)58/h3-24,27-28H,25-26,29-30,59-60H2,1-2H3/b13-3+,14-4+. The molecule has 0 aliphatic carbocycles. The highest BCUT2D eigenvalue weighted by atomic mass is 19.4. The second-order valence-corrected chi connectivity index (χ2v) is 15.2. The fourth-order valence-corrected chi connectivity index (χ4v) is 6.69. The highest BCUT2D eigenvalue weighted by Crippen LogP contribution is 2.34. The van der Waals surface area contributed by atoms with E-state index < -0.39 is 37.5 Å². The van der Waals surface area contributed by atoms with E-state index in [2.05, 4.69) is 0 Å². The van der Waals surface area contributed by atoms with Gasteiger partial charge < -0.3 is 39.9 Å². The smallest absolute Gasteiger partial charge is 0.422 e. The minimum Gasteiger partial charge on any atom is -0.493 e. The third kappa shape index (κ3) is 14.7. The lowest BCUT2D eigenvalue weighted by molar-refractivity contribution is -0.154.